The van der Waals surface area contributed by atoms with Gasteiger partial charge in [0.1, 0.15) is 5.75 Å². The summed E-state index contributed by atoms with van der Waals surface area (Å²) < 4.78 is 5.35. The Hall–Kier alpha value is -1.55. The molecule has 0 bridgehead atoms. The molecule has 1 aliphatic heterocycles. The Bertz CT molecular complexity index is 460. The molecule has 0 radical (unpaired) electrons. The number of fused-ring (bicyclic) bond motifs is 1. The second-order valence-electron chi connectivity index (χ2n) is 5.61. The molecule has 4 nitrogen and oxygen atoms in total. The highest BCUT2D eigenvalue weighted by Gasteiger charge is 2.15. The van der Waals surface area contributed by atoms with Crippen LogP contribution in [0.1, 0.15) is 51.0 Å². The van der Waals surface area contributed by atoms with E-state index in [0.29, 0.717) is 0 Å². The molecule has 0 aromatic heterocycles. The summed E-state index contributed by atoms with van der Waals surface area (Å²) in [5, 5.41) is 6.30. The SMILES string of the molecule is CCCCCCCCNCc1ccc2c(c1)NC(=O)CO2. The number of amides is 1. The van der Waals surface area contributed by atoms with E-state index in [0.717, 1.165) is 24.5 Å². The summed E-state index contributed by atoms with van der Waals surface area (Å²) in [6, 6.07) is 5.96. The summed E-state index contributed by atoms with van der Waals surface area (Å²) in [6.07, 6.45) is 7.90. The lowest BCUT2D eigenvalue weighted by Gasteiger charge is -2.18. The van der Waals surface area contributed by atoms with Gasteiger partial charge in [-0.2, -0.15) is 0 Å². The quantitative estimate of drug-likeness (QED) is 0.685. The molecule has 116 valence electrons. The fourth-order valence-electron chi connectivity index (χ4n) is 2.50. The van der Waals surface area contributed by atoms with Gasteiger partial charge >= 0.3 is 0 Å². The van der Waals surface area contributed by atoms with Crippen molar-refractivity contribution in [1.29, 1.82) is 0 Å². The molecule has 1 aliphatic rings. The van der Waals surface area contributed by atoms with E-state index in [1.54, 1.807) is 0 Å². The maximum atomic E-state index is 11.3. The van der Waals surface area contributed by atoms with Crippen molar-refractivity contribution >= 4 is 11.6 Å². The van der Waals surface area contributed by atoms with Crippen LogP contribution in [0.4, 0.5) is 5.69 Å². The number of hydrogen-bond donors (Lipinski definition) is 2. The summed E-state index contributed by atoms with van der Waals surface area (Å²) >= 11 is 0. The fraction of sp³-hybridized carbons (Fsp3) is 0.588. The van der Waals surface area contributed by atoms with Gasteiger partial charge in [0.05, 0.1) is 5.69 Å². The Morgan fingerprint density at radius 1 is 1.19 bits per heavy atom. The average Bonchev–Trinajstić information content (AvgIpc) is 2.49. The molecule has 0 atom stereocenters. The van der Waals surface area contributed by atoms with E-state index in [-0.39, 0.29) is 12.5 Å². The Labute approximate surface area is 127 Å². The molecule has 2 rings (SSSR count). The van der Waals surface area contributed by atoms with Crippen LogP contribution in [0, 0.1) is 0 Å². The molecule has 1 amide bonds. The van der Waals surface area contributed by atoms with E-state index in [1.165, 1.54) is 44.1 Å². The van der Waals surface area contributed by atoms with Crippen molar-refractivity contribution in [2.75, 3.05) is 18.5 Å². The van der Waals surface area contributed by atoms with Crippen LogP contribution >= 0.6 is 0 Å². The third-order valence-corrected chi connectivity index (χ3v) is 3.71. The fourth-order valence-corrected chi connectivity index (χ4v) is 2.50. The zero-order valence-corrected chi connectivity index (χ0v) is 12.9. The first-order valence-corrected chi connectivity index (χ1v) is 8.06. The largest absolute Gasteiger partial charge is 0.482 e. The molecule has 0 spiro atoms. The van der Waals surface area contributed by atoms with Crippen molar-refractivity contribution < 1.29 is 9.53 Å². The van der Waals surface area contributed by atoms with Crippen molar-refractivity contribution in [2.24, 2.45) is 0 Å². The van der Waals surface area contributed by atoms with E-state index in [1.807, 2.05) is 18.2 Å². The summed E-state index contributed by atoms with van der Waals surface area (Å²) in [7, 11) is 0. The van der Waals surface area contributed by atoms with Crippen LogP contribution in [-0.4, -0.2) is 19.1 Å². The van der Waals surface area contributed by atoms with Crippen LogP contribution in [0.5, 0.6) is 5.75 Å². The number of carbonyl (C=O) groups is 1. The van der Waals surface area contributed by atoms with Gasteiger partial charge < -0.3 is 15.4 Å². The van der Waals surface area contributed by atoms with E-state index in [2.05, 4.69) is 17.6 Å². The van der Waals surface area contributed by atoms with Gasteiger partial charge in [-0.05, 0) is 30.7 Å². The first-order valence-electron chi connectivity index (χ1n) is 8.06. The molecule has 0 saturated heterocycles. The molecule has 21 heavy (non-hydrogen) atoms. The van der Waals surface area contributed by atoms with Gasteiger partial charge in [-0.15, -0.1) is 0 Å². The number of unbranched alkanes of at least 4 members (excludes halogenated alkanes) is 5. The molecule has 1 aromatic carbocycles. The molecule has 2 N–H and O–H groups in total. The van der Waals surface area contributed by atoms with Crippen LogP contribution in [0.15, 0.2) is 18.2 Å². The second-order valence-corrected chi connectivity index (χ2v) is 5.61. The normalized spacial score (nSPS) is 13.5. The number of nitrogens with one attached hydrogen (secondary N) is 2. The maximum absolute atomic E-state index is 11.3. The number of ether oxygens (including phenoxy) is 1. The highest BCUT2D eigenvalue weighted by molar-refractivity contribution is 5.95. The molecular weight excluding hydrogens is 264 g/mol. The zero-order valence-electron chi connectivity index (χ0n) is 12.9. The van der Waals surface area contributed by atoms with Gasteiger partial charge in [-0.3, -0.25) is 4.79 Å². The van der Waals surface area contributed by atoms with E-state index >= 15 is 0 Å². The predicted molar refractivity (Wildman–Crippen MR) is 85.6 cm³/mol. The summed E-state index contributed by atoms with van der Waals surface area (Å²) in [4.78, 5) is 11.3. The molecule has 4 heteroatoms. The standard InChI is InChI=1S/C17H26N2O2/c1-2-3-4-5-6-7-10-18-12-14-8-9-16-15(11-14)19-17(20)13-21-16/h8-9,11,18H,2-7,10,12-13H2,1H3,(H,19,20). The van der Waals surface area contributed by atoms with Gasteiger partial charge in [-0.25, -0.2) is 0 Å². The summed E-state index contributed by atoms with van der Waals surface area (Å²) in [5.41, 5.74) is 1.95. The van der Waals surface area contributed by atoms with Crippen molar-refractivity contribution in [3.05, 3.63) is 23.8 Å². The molecule has 1 heterocycles. The molecule has 0 saturated carbocycles. The molecule has 0 fully saturated rings. The van der Waals surface area contributed by atoms with Crippen LogP contribution in [0.25, 0.3) is 0 Å². The van der Waals surface area contributed by atoms with E-state index in [9.17, 15) is 4.79 Å². The summed E-state index contributed by atoms with van der Waals surface area (Å²) in [5.74, 6) is 0.675. The van der Waals surface area contributed by atoms with Gasteiger partial charge in [0.25, 0.3) is 5.91 Å². The van der Waals surface area contributed by atoms with Crippen molar-refractivity contribution in [1.82, 2.24) is 5.32 Å². The first kappa shape index (κ1) is 15.8. The first-order chi connectivity index (χ1) is 10.3. The Morgan fingerprint density at radius 3 is 2.86 bits per heavy atom. The Morgan fingerprint density at radius 2 is 2.00 bits per heavy atom. The Balaban J connectivity index is 1.65. The minimum Gasteiger partial charge on any atom is -0.482 e. The highest BCUT2D eigenvalue weighted by atomic mass is 16.5. The van der Waals surface area contributed by atoms with Crippen LogP contribution in [0.2, 0.25) is 0 Å². The van der Waals surface area contributed by atoms with Gasteiger partial charge in [0, 0.05) is 6.54 Å². The monoisotopic (exact) mass is 290 g/mol. The molecule has 1 aromatic rings. The summed E-state index contributed by atoms with van der Waals surface area (Å²) in [6.45, 7) is 4.24. The molecular formula is C17H26N2O2. The minimum atomic E-state index is -0.0836. The number of rotatable bonds is 9. The third kappa shape index (κ3) is 5.38. The topological polar surface area (TPSA) is 50.4 Å². The van der Waals surface area contributed by atoms with Gasteiger partial charge in [-0.1, -0.05) is 45.1 Å². The minimum absolute atomic E-state index is 0.0836. The highest BCUT2D eigenvalue weighted by Crippen LogP contribution is 2.28. The second kappa shape index (κ2) is 8.67. The van der Waals surface area contributed by atoms with E-state index in [4.69, 9.17) is 4.74 Å². The number of anilines is 1. The maximum Gasteiger partial charge on any atom is 0.262 e. The van der Waals surface area contributed by atoms with Crippen molar-refractivity contribution in [3.8, 4) is 5.75 Å². The third-order valence-electron chi connectivity index (χ3n) is 3.71. The lowest BCUT2D eigenvalue weighted by molar-refractivity contribution is -0.118. The van der Waals surface area contributed by atoms with Crippen LogP contribution in [0.3, 0.4) is 0 Å². The van der Waals surface area contributed by atoms with Crippen LogP contribution in [-0.2, 0) is 11.3 Å². The average molecular weight is 290 g/mol. The van der Waals surface area contributed by atoms with Gasteiger partial charge in [0.15, 0.2) is 6.61 Å². The predicted octanol–water partition coefficient (Wildman–Crippen LogP) is 3.47. The number of carbonyl (C=O) groups excluding carboxylic acids is 1. The smallest absolute Gasteiger partial charge is 0.262 e. The lowest BCUT2D eigenvalue weighted by Crippen LogP contribution is -2.25. The number of hydrogen-bond acceptors (Lipinski definition) is 3. The van der Waals surface area contributed by atoms with E-state index < -0.39 is 0 Å². The number of benzene rings is 1. The molecule has 0 aliphatic carbocycles. The van der Waals surface area contributed by atoms with Gasteiger partial charge in [0.2, 0.25) is 0 Å². The zero-order chi connectivity index (χ0) is 14.9. The molecule has 0 unspecified atom stereocenters. The lowest BCUT2D eigenvalue weighted by atomic mass is 10.1. The van der Waals surface area contributed by atoms with Crippen molar-refractivity contribution in [3.63, 3.8) is 0 Å². The Kier molecular flexibility index (Phi) is 6.54. The van der Waals surface area contributed by atoms with Crippen molar-refractivity contribution in [2.45, 2.75) is 52.0 Å². The van der Waals surface area contributed by atoms with Crippen LogP contribution < -0.4 is 15.4 Å².